The summed E-state index contributed by atoms with van der Waals surface area (Å²) >= 11 is 5.28. The van der Waals surface area contributed by atoms with E-state index in [2.05, 4.69) is 9.72 Å². The highest BCUT2D eigenvalue weighted by Gasteiger charge is 2.40. The van der Waals surface area contributed by atoms with E-state index in [1.165, 1.54) is 0 Å². The summed E-state index contributed by atoms with van der Waals surface area (Å²) < 4.78 is 66.6. The Morgan fingerprint density at radius 3 is 2.31 bits per heavy atom. The fraction of sp³-hybridized carbons (Fsp3) is 0.375. The van der Waals surface area contributed by atoms with E-state index in [1.54, 1.807) is 0 Å². The molecule has 0 fully saturated rings. The second kappa shape index (κ2) is 4.40. The Bertz CT molecular complexity index is 393. The topological polar surface area (TPSA) is 22.1 Å². The first kappa shape index (κ1) is 13.0. The Hall–Kier alpha value is -1.11. The molecule has 0 N–H and O–H groups in total. The van der Waals surface area contributed by atoms with Gasteiger partial charge in [0, 0.05) is 6.07 Å². The number of rotatable bonds is 2. The molecular weight excluding hydrogens is 257 g/mol. The van der Waals surface area contributed by atoms with Gasteiger partial charge in [-0.3, -0.25) is 0 Å². The number of methoxy groups -OCH3 is 1. The Morgan fingerprint density at radius 1 is 1.38 bits per heavy atom. The van der Waals surface area contributed by atoms with E-state index in [0.29, 0.717) is 0 Å². The number of ether oxygens (including phenoxy) is 1. The van der Waals surface area contributed by atoms with E-state index in [4.69, 9.17) is 11.6 Å². The van der Waals surface area contributed by atoms with E-state index in [9.17, 15) is 22.0 Å². The summed E-state index contributed by atoms with van der Waals surface area (Å²) in [7, 11) is 0.970. The number of hydrogen-bond donors (Lipinski definition) is 0. The molecule has 0 atom stereocenters. The van der Waals surface area contributed by atoms with Gasteiger partial charge in [0.05, 0.1) is 12.7 Å². The molecule has 16 heavy (non-hydrogen) atoms. The van der Waals surface area contributed by atoms with E-state index in [-0.39, 0.29) is 0 Å². The summed E-state index contributed by atoms with van der Waals surface area (Å²) in [6.45, 7) is 0. The molecule has 0 saturated carbocycles. The molecule has 0 bridgehead atoms. The predicted octanol–water partition coefficient (Wildman–Crippen LogP) is 3.70. The van der Waals surface area contributed by atoms with Crippen LogP contribution in [0.3, 0.4) is 0 Å². The molecule has 0 saturated heterocycles. The van der Waals surface area contributed by atoms with Crippen LogP contribution in [0.5, 0.6) is 5.75 Å². The van der Waals surface area contributed by atoms with Crippen molar-refractivity contribution in [2.45, 2.75) is 12.6 Å². The summed E-state index contributed by atoms with van der Waals surface area (Å²) in [5, 5.41) is -0.562. The lowest BCUT2D eigenvalue weighted by Crippen LogP contribution is -2.13. The van der Waals surface area contributed by atoms with E-state index in [1.807, 2.05) is 0 Å². The normalized spacial score (nSPS) is 12.0. The maximum Gasteiger partial charge on any atom is 0.434 e. The average Bonchev–Trinajstić information content (AvgIpc) is 2.14. The van der Waals surface area contributed by atoms with E-state index in [0.717, 1.165) is 13.2 Å². The van der Waals surface area contributed by atoms with Crippen molar-refractivity contribution in [3.63, 3.8) is 0 Å². The number of aromatic nitrogens is 1. The zero-order valence-corrected chi connectivity index (χ0v) is 8.53. The molecule has 1 aromatic rings. The van der Waals surface area contributed by atoms with Crippen LogP contribution in [-0.4, -0.2) is 12.1 Å². The van der Waals surface area contributed by atoms with Crippen molar-refractivity contribution in [3.8, 4) is 5.75 Å². The highest BCUT2D eigenvalue weighted by molar-refractivity contribution is 6.29. The number of nitrogens with zero attached hydrogens (tertiary/aromatic N) is 1. The zero-order chi connectivity index (χ0) is 12.5. The molecule has 1 rings (SSSR count). The third-order valence-electron chi connectivity index (χ3n) is 1.70. The Labute approximate surface area is 92.0 Å². The van der Waals surface area contributed by atoms with Crippen LogP contribution in [-0.2, 0) is 6.18 Å². The van der Waals surface area contributed by atoms with Crippen LogP contribution in [0, 0.1) is 0 Å². The molecule has 0 aliphatic rings. The molecule has 0 aliphatic heterocycles. The first-order chi connectivity index (χ1) is 7.27. The van der Waals surface area contributed by atoms with Gasteiger partial charge in [0.2, 0.25) is 0 Å². The molecule has 2 nitrogen and oxygen atoms in total. The second-order valence-electron chi connectivity index (χ2n) is 2.71. The summed E-state index contributed by atoms with van der Waals surface area (Å²) in [4.78, 5) is 2.85. The lowest BCUT2D eigenvalue weighted by atomic mass is 10.1. The van der Waals surface area contributed by atoms with Crippen LogP contribution >= 0.6 is 11.6 Å². The van der Waals surface area contributed by atoms with Crippen molar-refractivity contribution in [1.82, 2.24) is 4.98 Å². The SMILES string of the molecule is COc1cc(Cl)nc(C(F)(F)F)c1C(F)F. The number of hydrogen-bond acceptors (Lipinski definition) is 2. The fourth-order valence-electron chi connectivity index (χ4n) is 1.10. The van der Waals surface area contributed by atoms with Crippen LogP contribution in [0.2, 0.25) is 5.15 Å². The molecule has 8 heteroatoms. The van der Waals surface area contributed by atoms with Crippen molar-refractivity contribution < 1.29 is 26.7 Å². The standard InChI is InChI=1S/C8H5ClF5NO/c1-16-3-2-4(9)15-6(8(12,13)14)5(3)7(10)11/h2,7H,1H3. The van der Waals surface area contributed by atoms with Crippen molar-refractivity contribution >= 4 is 11.6 Å². The summed E-state index contributed by atoms with van der Waals surface area (Å²) in [5.41, 5.74) is -3.04. The first-order valence-corrected chi connectivity index (χ1v) is 4.25. The lowest BCUT2D eigenvalue weighted by molar-refractivity contribution is -0.143. The van der Waals surface area contributed by atoms with Gasteiger partial charge in [-0.1, -0.05) is 11.6 Å². The summed E-state index contributed by atoms with van der Waals surface area (Å²) in [6, 6.07) is 0.804. The maximum atomic E-state index is 12.5. The minimum Gasteiger partial charge on any atom is -0.496 e. The summed E-state index contributed by atoms with van der Waals surface area (Å²) in [5.74, 6) is -0.637. The molecule has 1 aromatic heterocycles. The Balaban J connectivity index is 3.51. The van der Waals surface area contributed by atoms with Crippen molar-refractivity contribution in [1.29, 1.82) is 0 Å². The Kier molecular flexibility index (Phi) is 3.57. The van der Waals surface area contributed by atoms with Crippen molar-refractivity contribution in [2.24, 2.45) is 0 Å². The second-order valence-corrected chi connectivity index (χ2v) is 3.10. The van der Waals surface area contributed by atoms with Gasteiger partial charge in [0.15, 0.2) is 5.69 Å². The van der Waals surface area contributed by atoms with Crippen molar-refractivity contribution in [3.05, 3.63) is 22.5 Å². The van der Waals surface area contributed by atoms with Gasteiger partial charge in [-0.2, -0.15) is 13.2 Å². The lowest BCUT2D eigenvalue weighted by Gasteiger charge is -2.14. The van der Waals surface area contributed by atoms with Gasteiger partial charge in [0.1, 0.15) is 10.9 Å². The number of halogens is 6. The third-order valence-corrected chi connectivity index (χ3v) is 1.89. The number of alkyl halides is 5. The third kappa shape index (κ3) is 2.52. The molecular formula is C8H5ClF5NO. The first-order valence-electron chi connectivity index (χ1n) is 3.87. The van der Waals surface area contributed by atoms with Crippen LogP contribution in [0.25, 0.3) is 0 Å². The molecule has 0 aliphatic carbocycles. The van der Waals surface area contributed by atoms with Gasteiger partial charge in [-0.15, -0.1) is 0 Å². The molecule has 1 heterocycles. The molecule has 0 spiro atoms. The van der Waals surface area contributed by atoms with Crippen LogP contribution in [0.15, 0.2) is 6.07 Å². The van der Waals surface area contributed by atoms with Crippen LogP contribution in [0.4, 0.5) is 22.0 Å². The van der Waals surface area contributed by atoms with Gasteiger partial charge < -0.3 is 4.74 Å². The number of pyridine rings is 1. The quantitative estimate of drug-likeness (QED) is 0.598. The smallest absolute Gasteiger partial charge is 0.434 e. The minimum atomic E-state index is -5.01. The molecule has 0 radical (unpaired) electrons. The molecule has 0 amide bonds. The van der Waals surface area contributed by atoms with Gasteiger partial charge in [-0.05, 0) is 0 Å². The van der Waals surface area contributed by atoms with Gasteiger partial charge in [0.25, 0.3) is 6.43 Å². The van der Waals surface area contributed by atoms with Gasteiger partial charge in [-0.25, -0.2) is 13.8 Å². The van der Waals surface area contributed by atoms with Crippen LogP contribution < -0.4 is 4.74 Å². The van der Waals surface area contributed by atoms with E-state index >= 15 is 0 Å². The minimum absolute atomic E-state index is 0.562. The van der Waals surface area contributed by atoms with E-state index < -0.39 is 34.8 Å². The largest absolute Gasteiger partial charge is 0.496 e. The predicted molar refractivity (Wildman–Crippen MR) is 45.8 cm³/mol. The molecule has 0 aromatic carbocycles. The molecule has 90 valence electrons. The summed E-state index contributed by atoms with van der Waals surface area (Å²) in [6.07, 6.45) is -8.36. The van der Waals surface area contributed by atoms with Gasteiger partial charge >= 0.3 is 6.18 Å². The highest BCUT2D eigenvalue weighted by Crippen LogP contribution is 2.40. The highest BCUT2D eigenvalue weighted by atomic mass is 35.5. The Morgan fingerprint density at radius 2 is 1.94 bits per heavy atom. The fourth-order valence-corrected chi connectivity index (χ4v) is 1.28. The molecule has 0 unspecified atom stereocenters. The van der Waals surface area contributed by atoms with Crippen LogP contribution in [0.1, 0.15) is 17.7 Å². The van der Waals surface area contributed by atoms with Crippen molar-refractivity contribution in [2.75, 3.05) is 7.11 Å². The monoisotopic (exact) mass is 261 g/mol. The zero-order valence-electron chi connectivity index (χ0n) is 7.78. The maximum absolute atomic E-state index is 12.5. The average molecular weight is 262 g/mol.